The van der Waals surface area contributed by atoms with E-state index < -0.39 is 0 Å². The van der Waals surface area contributed by atoms with Crippen LogP contribution in [0, 0.1) is 5.82 Å². The highest BCUT2D eigenvalue weighted by Gasteiger charge is 2.24. The predicted octanol–water partition coefficient (Wildman–Crippen LogP) is 3.01. The monoisotopic (exact) mass is 229 g/mol. The molecule has 0 amide bonds. The first-order chi connectivity index (χ1) is 8.29. The van der Waals surface area contributed by atoms with E-state index in [0.29, 0.717) is 0 Å². The lowest BCUT2D eigenvalue weighted by atomic mass is 9.86. The zero-order chi connectivity index (χ0) is 11.8. The number of benzene rings is 2. The van der Waals surface area contributed by atoms with Gasteiger partial charge in [0.2, 0.25) is 0 Å². The molecule has 0 fully saturated rings. The lowest BCUT2D eigenvalue weighted by Gasteiger charge is -2.28. The highest BCUT2D eigenvalue weighted by molar-refractivity contribution is 5.73. The van der Waals surface area contributed by atoms with Crippen molar-refractivity contribution in [2.24, 2.45) is 0 Å². The van der Waals surface area contributed by atoms with Crippen molar-refractivity contribution in [2.75, 3.05) is 11.9 Å². The molecule has 2 aromatic rings. The van der Waals surface area contributed by atoms with Crippen LogP contribution in [0.25, 0.3) is 0 Å². The summed E-state index contributed by atoms with van der Waals surface area (Å²) in [5.74, 6) is -0.429. The first kappa shape index (κ1) is 10.3. The third kappa shape index (κ3) is 1.59. The Hall–Kier alpha value is -1.87. The summed E-state index contributed by atoms with van der Waals surface area (Å²) in [6.45, 7) is -0.0187. The summed E-state index contributed by atoms with van der Waals surface area (Å²) in [4.78, 5) is 0. The minimum atomic E-state index is -0.275. The molecular formula is C14H12FNO. The van der Waals surface area contributed by atoms with E-state index in [9.17, 15) is 9.50 Å². The lowest BCUT2D eigenvalue weighted by Crippen LogP contribution is -2.15. The summed E-state index contributed by atoms with van der Waals surface area (Å²) in [6, 6.07) is 12.4. The maximum absolute atomic E-state index is 13.3. The third-order valence-electron chi connectivity index (χ3n) is 3.18. The molecule has 17 heavy (non-hydrogen) atoms. The number of aliphatic hydroxyl groups is 1. The number of nitrogens with one attached hydrogen (secondary N) is 1. The number of hydrogen-bond acceptors (Lipinski definition) is 2. The van der Waals surface area contributed by atoms with Crippen LogP contribution in [0.2, 0.25) is 0 Å². The molecule has 2 aromatic carbocycles. The van der Waals surface area contributed by atoms with Crippen molar-refractivity contribution in [1.82, 2.24) is 0 Å². The van der Waals surface area contributed by atoms with Gasteiger partial charge in [-0.15, -0.1) is 0 Å². The first-order valence-electron chi connectivity index (χ1n) is 5.56. The van der Waals surface area contributed by atoms with Crippen molar-refractivity contribution in [3.8, 4) is 0 Å². The summed E-state index contributed by atoms with van der Waals surface area (Å²) in [6.07, 6.45) is 0. The molecule has 3 rings (SSSR count). The number of fused-ring (bicyclic) bond motifs is 2. The summed E-state index contributed by atoms with van der Waals surface area (Å²) >= 11 is 0. The van der Waals surface area contributed by atoms with Crippen LogP contribution in [-0.4, -0.2) is 11.7 Å². The van der Waals surface area contributed by atoms with Gasteiger partial charge in [-0.2, -0.15) is 0 Å². The molecule has 0 unspecified atom stereocenters. The largest absolute Gasteiger partial charge is 0.395 e. The molecule has 1 atom stereocenters. The highest BCUT2D eigenvalue weighted by atomic mass is 19.1. The van der Waals surface area contributed by atoms with Crippen LogP contribution in [0.15, 0.2) is 42.5 Å². The minimum absolute atomic E-state index is 0.0187. The van der Waals surface area contributed by atoms with Crippen molar-refractivity contribution in [3.05, 3.63) is 59.4 Å². The maximum Gasteiger partial charge on any atom is 0.123 e. The number of hydrogen-bond donors (Lipinski definition) is 2. The molecule has 0 aromatic heterocycles. The van der Waals surface area contributed by atoms with E-state index in [4.69, 9.17) is 0 Å². The van der Waals surface area contributed by atoms with Crippen molar-refractivity contribution >= 4 is 11.4 Å². The summed E-state index contributed by atoms with van der Waals surface area (Å²) in [5, 5.41) is 12.8. The highest BCUT2D eigenvalue weighted by Crippen LogP contribution is 2.40. The van der Waals surface area contributed by atoms with E-state index in [1.165, 1.54) is 12.1 Å². The number of para-hydroxylation sites is 1. The Morgan fingerprint density at radius 1 is 1.06 bits per heavy atom. The molecular weight excluding hydrogens is 217 g/mol. The summed E-state index contributed by atoms with van der Waals surface area (Å²) in [5.41, 5.74) is 3.66. The Labute approximate surface area is 98.7 Å². The van der Waals surface area contributed by atoms with E-state index in [-0.39, 0.29) is 18.3 Å². The van der Waals surface area contributed by atoms with Gasteiger partial charge in [0.05, 0.1) is 6.61 Å². The lowest BCUT2D eigenvalue weighted by molar-refractivity contribution is 0.280. The number of halogens is 1. The van der Waals surface area contributed by atoms with Gasteiger partial charge in [0.1, 0.15) is 5.82 Å². The van der Waals surface area contributed by atoms with Crippen molar-refractivity contribution < 1.29 is 9.50 Å². The van der Waals surface area contributed by atoms with E-state index in [1.54, 1.807) is 6.07 Å². The van der Waals surface area contributed by atoms with Gasteiger partial charge in [0, 0.05) is 17.3 Å². The third-order valence-corrected chi connectivity index (χ3v) is 3.18. The molecule has 0 aliphatic carbocycles. The fraction of sp³-hybridized carbons (Fsp3) is 0.143. The van der Waals surface area contributed by atoms with Crippen LogP contribution in [0.5, 0.6) is 0 Å². The van der Waals surface area contributed by atoms with E-state index >= 15 is 0 Å². The van der Waals surface area contributed by atoms with Crippen molar-refractivity contribution in [3.63, 3.8) is 0 Å². The fourth-order valence-electron chi connectivity index (χ4n) is 2.36. The Kier molecular flexibility index (Phi) is 2.34. The molecule has 0 radical (unpaired) electrons. The van der Waals surface area contributed by atoms with Crippen LogP contribution >= 0.6 is 0 Å². The predicted molar refractivity (Wildman–Crippen MR) is 65.1 cm³/mol. The maximum atomic E-state index is 13.3. The summed E-state index contributed by atoms with van der Waals surface area (Å²) < 4.78 is 13.3. The zero-order valence-electron chi connectivity index (χ0n) is 9.15. The smallest absolute Gasteiger partial charge is 0.123 e. The standard InChI is InChI=1S/C14H12FNO/c15-9-5-6-14-11(7-9)12(8-17)10-3-1-2-4-13(10)16-14/h1-7,12,16-17H,8H2/t12-/m0/s1. The average molecular weight is 229 g/mol. The number of rotatable bonds is 1. The van der Waals surface area contributed by atoms with Gasteiger partial charge in [-0.3, -0.25) is 0 Å². The van der Waals surface area contributed by atoms with E-state index in [1.807, 2.05) is 24.3 Å². The second-order valence-electron chi connectivity index (χ2n) is 4.18. The van der Waals surface area contributed by atoms with Gasteiger partial charge in [-0.25, -0.2) is 4.39 Å². The van der Waals surface area contributed by atoms with Crippen LogP contribution in [-0.2, 0) is 0 Å². The molecule has 0 bridgehead atoms. The van der Waals surface area contributed by atoms with Gasteiger partial charge >= 0.3 is 0 Å². The Balaban J connectivity index is 2.19. The van der Waals surface area contributed by atoms with Gasteiger partial charge in [0.15, 0.2) is 0 Å². The molecule has 1 aliphatic heterocycles. The SMILES string of the molecule is OC[C@H]1c2ccccc2Nc2ccc(F)cc21. The Morgan fingerprint density at radius 2 is 1.82 bits per heavy atom. The van der Waals surface area contributed by atoms with Crippen LogP contribution in [0.1, 0.15) is 17.0 Å². The van der Waals surface area contributed by atoms with Crippen molar-refractivity contribution in [2.45, 2.75) is 5.92 Å². The molecule has 86 valence electrons. The average Bonchev–Trinajstić information content (AvgIpc) is 2.36. The second-order valence-corrected chi connectivity index (χ2v) is 4.18. The van der Waals surface area contributed by atoms with E-state index in [0.717, 1.165) is 22.5 Å². The molecule has 0 saturated heterocycles. The molecule has 2 N–H and O–H groups in total. The molecule has 0 spiro atoms. The summed E-state index contributed by atoms with van der Waals surface area (Å²) in [7, 11) is 0. The van der Waals surface area contributed by atoms with Crippen molar-refractivity contribution in [1.29, 1.82) is 0 Å². The topological polar surface area (TPSA) is 32.3 Å². The molecule has 1 heterocycles. The van der Waals surface area contributed by atoms with Gasteiger partial charge in [0.25, 0.3) is 0 Å². The Morgan fingerprint density at radius 3 is 2.65 bits per heavy atom. The number of anilines is 2. The van der Waals surface area contributed by atoms with Gasteiger partial charge < -0.3 is 10.4 Å². The minimum Gasteiger partial charge on any atom is -0.395 e. The van der Waals surface area contributed by atoms with Crippen LogP contribution in [0.4, 0.5) is 15.8 Å². The molecule has 1 aliphatic rings. The van der Waals surface area contributed by atoms with Crippen LogP contribution in [0.3, 0.4) is 0 Å². The van der Waals surface area contributed by atoms with Gasteiger partial charge in [-0.05, 0) is 35.4 Å². The molecule has 3 heteroatoms. The zero-order valence-corrected chi connectivity index (χ0v) is 9.15. The van der Waals surface area contributed by atoms with Crippen LogP contribution < -0.4 is 5.32 Å². The number of aliphatic hydroxyl groups excluding tert-OH is 1. The molecule has 2 nitrogen and oxygen atoms in total. The molecule has 0 saturated carbocycles. The van der Waals surface area contributed by atoms with E-state index in [2.05, 4.69) is 5.32 Å². The van der Waals surface area contributed by atoms with Gasteiger partial charge in [-0.1, -0.05) is 18.2 Å². The first-order valence-corrected chi connectivity index (χ1v) is 5.56. The normalized spacial score (nSPS) is 16.9. The fourth-order valence-corrected chi connectivity index (χ4v) is 2.36. The Bertz CT molecular complexity index is 568. The second kappa shape index (κ2) is 3.86. The quantitative estimate of drug-likeness (QED) is 0.787.